The van der Waals surface area contributed by atoms with Crippen LogP contribution >= 0.6 is 0 Å². The van der Waals surface area contributed by atoms with Crippen molar-refractivity contribution in [3.05, 3.63) is 42.0 Å². The maximum Gasteiger partial charge on any atom is 0.120 e. The van der Waals surface area contributed by atoms with Crippen LogP contribution in [-0.2, 0) is 4.79 Å². The first kappa shape index (κ1) is 9.72. The van der Waals surface area contributed by atoms with Crippen molar-refractivity contribution in [2.75, 3.05) is 0 Å². The van der Waals surface area contributed by atoms with E-state index in [0.717, 1.165) is 19.1 Å². The van der Waals surface area contributed by atoms with E-state index in [9.17, 15) is 4.79 Å². The van der Waals surface area contributed by atoms with Gasteiger partial charge in [-0.3, -0.25) is 0 Å². The van der Waals surface area contributed by atoms with Crippen molar-refractivity contribution in [2.24, 2.45) is 0 Å². The van der Waals surface area contributed by atoms with Gasteiger partial charge in [0, 0.05) is 6.42 Å². The molecule has 0 aromatic heterocycles. The molecular formula is C12H14O. The molecule has 0 heterocycles. The standard InChI is InChI=1S/C12H14O/c13-11-7-2-1-4-8-12-9-5-3-6-10-12/h3-6,8-11H,1-2,7H2/b8-4-. The van der Waals surface area contributed by atoms with Crippen LogP contribution in [0, 0.1) is 0 Å². The molecule has 1 rings (SSSR count). The van der Waals surface area contributed by atoms with Gasteiger partial charge in [-0.15, -0.1) is 0 Å². The molecule has 0 aliphatic heterocycles. The summed E-state index contributed by atoms with van der Waals surface area (Å²) in [5.74, 6) is 0. The molecule has 0 saturated carbocycles. The lowest BCUT2D eigenvalue weighted by molar-refractivity contribution is -0.107. The summed E-state index contributed by atoms with van der Waals surface area (Å²) < 4.78 is 0. The molecule has 1 aromatic carbocycles. The van der Waals surface area contributed by atoms with Crippen molar-refractivity contribution in [3.63, 3.8) is 0 Å². The van der Waals surface area contributed by atoms with Crippen LogP contribution in [-0.4, -0.2) is 6.29 Å². The van der Waals surface area contributed by atoms with E-state index in [1.54, 1.807) is 0 Å². The molecule has 68 valence electrons. The summed E-state index contributed by atoms with van der Waals surface area (Å²) >= 11 is 0. The van der Waals surface area contributed by atoms with Gasteiger partial charge in [0.15, 0.2) is 0 Å². The zero-order valence-corrected chi connectivity index (χ0v) is 7.65. The maximum absolute atomic E-state index is 10.0. The van der Waals surface area contributed by atoms with E-state index >= 15 is 0 Å². The molecule has 0 fully saturated rings. The molecule has 0 N–H and O–H groups in total. The average Bonchev–Trinajstić information content (AvgIpc) is 2.19. The second kappa shape index (κ2) is 6.18. The maximum atomic E-state index is 10.0. The van der Waals surface area contributed by atoms with Crippen molar-refractivity contribution in [3.8, 4) is 0 Å². The van der Waals surface area contributed by atoms with Gasteiger partial charge in [-0.1, -0.05) is 42.5 Å². The number of benzene rings is 1. The number of hydrogen-bond donors (Lipinski definition) is 0. The molecule has 0 saturated heterocycles. The fourth-order valence-electron chi connectivity index (χ4n) is 1.10. The Morgan fingerprint density at radius 1 is 1.08 bits per heavy atom. The van der Waals surface area contributed by atoms with Crippen LogP contribution in [0.5, 0.6) is 0 Å². The summed E-state index contributed by atoms with van der Waals surface area (Å²) in [4.78, 5) is 10.0. The summed E-state index contributed by atoms with van der Waals surface area (Å²) in [6.07, 6.45) is 7.76. The predicted molar refractivity (Wildman–Crippen MR) is 55.4 cm³/mol. The number of allylic oxidation sites excluding steroid dienone is 1. The first-order valence-corrected chi connectivity index (χ1v) is 4.58. The molecule has 1 aromatic rings. The highest BCUT2D eigenvalue weighted by molar-refractivity contribution is 5.50. The monoisotopic (exact) mass is 174 g/mol. The van der Waals surface area contributed by atoms with Crippen molar-refractivity contribution in [1.29, 1.82) is 0 Å². The van der Waals surface area contributed by atoms with E-state index in [4.69, 9.17) is 0 Å². The topological polar surface area (TPSA) is 17.1 Å². The molecule has 1 nitrogen and oxygen atoms in total. The smallest absolute Gasteiger partial charge is 0.120 e. The molecule has 0 radical (unpaired) electrons. The summed E-state index contributed by atoms with van der Waals surface area (Å²) in [6.45, 7) is 0. The summed E-state index contributed by atoms with van der Waals surface area (Å²) in [7, 11) is 0. The normalized spacial score (nSPS) is 10.5. The van der Waals surface area contributed by atoms with Crippen LogP contribution in [0.15, 0.2) is 36.4 Å². The molecule has 0 amide bonds. The fourth-order valence-corrected chi connectivity index (χ4v) is 1.10. The Labute approximate surface area is 79.1 Å². The highest BCUT2D eigenvalue weighted by atomic mass is 16.1. The largest absolute Gasteiger partial charge is 0.303 e. The van der Waals surface area contributed by atoms with E-state index in [1.165, 1.54) is 5.56 Å². The fraction of sp³-hybridized carbons (Fsp3) is 0.250. The second-order valence-electron chi connectivity index (χ2n) is 2.91. The molecule has 0 bridgehead atoms. The first-order valence-electron chi connectivity index (χ1n) is 4.58. The molecule has 0 aliphatic carbocycles. The second-order valence-corrected chi connectivity index (χ2v) is 2.91. The molecule has 0 atom stereocenters. The zero-order chi connectivity index (χ0) is 9.36. The minimum atomic E-state index is 0.666. The quantitative estimate of drug-likeness (QED) is 0.495. The van der Waals surface area contributed by atoms with E-state index in [1.807, 2.05) is 18.2 Å². The van der Waals surface area contributed by atoms with Crippen molar-refractivity contribution in [1.82, 2.24) is 0 Å². The van der Waals surface area contributed by atoms with Crippen molar-refractivity contribution in [2.45, 2.75) is 19.3 Å². The van der Waals surface area contributed by atoms with Crippen molar-refractivity contribution >= 4 is 12.4 Å². The highest BCUT2D eigenvalue weighted by Crippen LogP contribution is 2.03. The van der Waals surface area contributed by atoms with Gasteiger partial charge in [-0.25, -0.2) is 0 Å². The van der Waals surface area contributed by atoms with E-state index in [-0.39, 0.29) is 0 Å². The van der Waals surface area contributed by atoms with Gasteiger partial charge >= 0.3 is 0 Å². The number of carbonyl (C=O) groups excluding carboxylic acids is 1. The van der Waals surface area contributed by atoms with E-state index < -0.39 is 0 Å². The summed E-state index contributed by atoms with van der Waals surface area (Å²) in [6, 6.07) is 10.2. The zero-order valence-electron chi connectivity index (χ0n) is 7.65. The number of carbonyl (C=O) groups is 1. The lowest BCUT2D eigenvalue weighted by Crippen LogP contribution is -1.74. The molecular weight excluding hydrogens is 160 g/mol. The minimum Gasteiger partial charge on any atom is -0.303 e. The van der Waals surface area contributed by atoms with Gasteiger partial charge in [-0.2, -0.15) is 0 Å². The third-order valence-corrected chi connectivity index (χ3v) is 1.80. The van der Waals surface area contributed by atoms with Gasteiger partial charge < -0.3 is 4.79 Å². The van der Waals surface area contributed by atoms with Crippen molar-refractivity contribution < 1.29 is 4.79 Å². The molecule has 0 aliphatic rings. The Balaban J connectivity index is 2.28. The highest BCUT2D eigenvalue weighted by Gasteiger charge is 1.83. The van der Waals surface area contributed by atoms with E-state index in [2.05, 4.69) is 24.3 Å². The SMILES string of the molecule is O=CCCC/C=C\c1ccccc1. The number of aldehydes is 1. The Kier molecular flexibility index (Phi) is 4.62. The van der Waals surface area contributed by atoms with Crippen LogP contribution in [0.1, 0.15) is 24.8 Å². The number of rotatable bonds is 5. The lowest BCUT2D eigenvalue weighted by atomic mass is 10.2. The molecule has 1 heteroatoms. The molecule has 0 spiro atoms. The third-order valence-electron chi connectivity index (χ3n) is 1.80. The summed E-state index contributed by atoms with van der Waals surface area (Å²) in [5.41, 5.74) is 1.22. The average molecular weight is 174 g/mol. The Morgan fingerprint density at radius 3 is 2.54 bits per heavy atom. The lowest BCUT2D eigenvalue weighted by Gasteiger charge is -1.91. The van der Waals surface area contributed by atoms with Gasteiger partial charge in [0.25, 0.3) is 0 Å². The van der Waals surface area contributed by atoms with Crippen LogP contribution in [0.2, 0.25) is 0 Å². The van der Waals surface area contributed by atoms with Gasteiger partial charge in [0.05, 0.1) is 0 Å². The van der Waals surface area contributed by atoms with Gasteiger partial charge in [-0.05, 0) is 18.4 Å². The van der Waals surface area contributed by atoms with E-state index in [0.29, 0.717) is 6.42 Å². The molecule has 0 unspecified atom stereocenters. The Bertz CT molecular complexity index is 262. The predicted octanol–water partition coefficient (Wildman–Crippen LogP) is 3.07. The van der Waals surface area contributed by atoms with Crippen LogP contribution in [0.4, 0.5) is 0 Å². The Morgan fingerprint density at radius 2 is 1.85 bits per heavy atom. The van der Waals surface area contributed by atoms with Gasteiger partial charge in [0.1, 0.15) is 6.29 Å². The molecule has 13 heavy (non-hydrogen) atoms. The van der Waals surface area contributed by atoms with Crippen LogP contribution in [0.3, 0.4) is 0 Å². The van der Waals surface area contributed by atoms with Crippen LogP contribution < -0.4 is 0 Å². The third kappa shape index (κ3) is 4.26. The van der Waals surface area contributed by atoms with Gasteiger partial charge in [0.2, 0.25) is 0 Å². The number of hydrogen-bond acceptors (Lipinski definition) is 1. The Hall–Kier alpha value is -1.37. The number of unbranched alkanes of at least 4 members (excludes halogenated alkanes) is 2. The first-order chi connectivity index (χ1) is 6.43. The minimum absolute atomic E-state index is 0.666. The van der Waals surface area contributed by atoms with Crippen LogP contribution in [0.25, 0.3) is 6.08 Å². The summed E-state index contributed by atoms with van der Waals surface area (Å²) in [5, 5.41) is 0.